The zero-order valence-electron chi connectivity index (χ0n) is 16.9. The molecule has 0 saturated heterocycles. The van der Waals surface area contributed by atoms with Gasteiger partial charge in [-0.3, -0.25) is 9.48 Å². The maximum atomic E-state index is 10.9. The van der Waals surface area contributed by atoms with Gasteiger partial charge in [0.15, 0.2) is 0 Å². The van der Waals surface area contributed by atoms with Crippen LogP contribution in [-0.2, 0) is 17.9 Å². The van der Waals surface area contributed by atoms with Gasteiger partial charge in [-0.15, -0.1) is 0 Å². The second kappa shape index (κ2) is 8.82. The summed E-state index contributed by atoms with van der Waals surface area (Å²) >= 11 is 0. The van der Waals surface area contributed by atoms with Crippen molar-refractivity contribution in [2.24, 2.45) is 0 Å². The summed E-state index contributed by atoms with van der Waals surface area (Å²) in [7, 11) is 0. The quantitative estimate of drug-likeness (QED) is 0.439. The Labute approximate surface area is 175 Å². The van der Waals surface area contributed by atoms with Crippen LogP contribution in [0.4, 0.5) is 0 Å². The number of fused-ring (bicyclic) bond motifs is 1. The molecule has 152 valence electrons. The van der Waals surface area contributed by atoms with Gasteiger partial charge in [0.1, 0.15) is 12.4 Å². The number of aromatic nitrogens is 2. The number of benzene rings is 3. The van der Waals surface area contributed by atoms with Gasteiger partial charge in [-0.25, -0.2) is 0 Å². The number of carboxylic acids is 1. The van der Waals surface area contributed by atoms with Crippen molar-refractivity contribution in [3.8, 4) is 5.75 Å². The molecule has 0 radical (unpaired) electrons. The lowest BCUT2D eigenvalue weighted by Gasteiger charge is -2.11. The lowest BCUT2D eigenvalue weighted by atomic mass is 9.98. The predicted octanol–water partition coefficient (Wildman–Crippen LogP) is 5.24. The Morgan fingerprint density at radius 3 is 2.53 bits per heavy atom. The van der Waals surface area contributed by atoms with Gasteiger partial charge in [0.25, 0.3) is 0 Å². The maximum absolute atomic E-state index is 10.9. The molecule has 1 unspecified atom stereocenters. The van der Waals surface area contributed by atoms with Gasteiger partial charge in [-0.1, -0.05) is 61.5 Å². The van der Waals surface area contributed by atoms with Gasteiger partial charge < -0.3 is 9.84 Å². The molecule has 30 heavy (non-hydrogen) atoms. The first-order valence-corrected chi connectivity index (χ1v) is 10.0. The molecule has 4 rings (SSSR count). The summed E-state index contributed by atoms with van der Waals surface area (Å²) < 4.78 is 8.00. The van der Waals surface area contributed by atoms with Crippen molar-refractivity contribution in [3.05, 3.63) is 95.7 Å². The molecule has 0 amide bonds. The summed E-state index contributed by atoms with van der Waals surface area (Å²) in [6, 6.07) is 24.1. The fourth-order valence-electron chi connectivity index (χ4n) is 3.60. The van der Waals surface area contributed by atoms with Crippen LogP contribution >= 0.6 is 0 Å². The third-order valence-corrected chi connectivity index (χ3v) is 5.28. The molecule has 0 fully saturated rings. The summed E-state index contributed by atoms with van der Waals surface area (Å²) in [5.41, 5.74) is 4.36. The highest BCUT2D eigenvalue weighted by Gasteiger charge is 2.11. The first kappa shape index (κ1) is 19.7. The van der Waals surface area contributed by atoms with Gasteiger partial charge in [0.2, 0.25) is 0 Å². The number of aliphatic carboxylic acids is 1. The molecule has 5 nitrogen and oxygen atoms in total. The van der Waals surface area contributed by atoms with E-state index in [1.165, 1.54) is 5.56 Å². The average Bonchev–Trinajstić information content (AvgIpc) is 3.16. The van der Waals surface area contributed by atoms with E-state index in [4.69, 9.17) is 9.84 Å². The third-order valence-electron chi connectivity index (χ3n) is 5.28. The number of carboxylic acid groups (broad SMARTS) is 1. The van der Waals surface area contributed by atoms with E-state index in [0.717, 1.165) is 34.3 Å². The summed E-state index contributed by atoms with van der Waals surface area (Å²) in [6.45, 7) is 3.08. The van der Waals surface area contributed by atoms with Crippen LogP contribution < -0.4 is 4.74 Å². The molecule has 3 aromatic carbocycles. The maximum Gasteiger partial charge on any atom is 0.303 e. The number of carbonyl (C=O) groups is 1. The lowest BCUT2D eigenvalue weighted by Crippen LogP contribution is -2.03. The minimum atomic E-state index is -0.788. The minimum Gasteiger partial charge on any atom is -0.489 e. The Bertz CT molecular complexity index is 1130. The predicted molar refractivity (Wildman–Crippen MR) is 117 cm³/mol. The first-order valence-electron chi connectivity index (χ1n) is 10.0. The first-order chi connectivity index (χ1) is 14.6. The molecule has 1 aromatic heterocycles. The van der Waals surface area contributed by atoms with E-state index in [1.807, 2.05) is 66.3 Å². The molecule has 0 aliphatic heterocycles. The number of hydrogen-bond donors (Lipinski definition) is 1. The number of hydrogen-bond acceptors (Lipinski definition) is 3. The molecule has 0 spiro atoms. The molecule has 1 heterocycles. The Kier molecular flexibility index (Phi) is 5.80. The topological polar surface area (TPSA) is 64.3 Å². The standard InChI is InChI=1S/C25H24N2O3/c1-18(14-25(28)29)20-10-12-22(13-11-20)30-17-21-8-5-9-24-23(21)15-26-27(24)16-19-6-3-2-4-7-19/h2-13,15,18H,14,16-17H2,1H3,(H,28,29). The summed E-state index contributed by atoms with van der Waals surface area (Å²) in [4.78, 5) is 10.9. The van der Waals surface area contributed by atoms with Crippen molar-refractivity contribution in [2.45, 2.75) is 32.4 Å². The summed E-state index contributed by atoms with van der Waals surface area (Å²) in [5.74, 6) is -0.0561. The van der Waals surface area contributed by atoms with Crippen LogP contribution in [0, 0.1) is 0 Å². The molecule has 1 atom stereocenters. The van der Waals surface area contributed by atoms with Crippen molar-refractivity contribution in [1.82, 2.24) is 9.78 Å². The van der Waals surface area contributed by atoms with Gasteiger partial charge in [-0.2, -0.15) is 5.10 Å². The highest BCUT2D eigenvalue weighted by molar-refractivity contribution is 5.82. The number of rotatable bonds is 8. The highest BCUT2D eigenvalue weighted by Crippen LogP contribution is 2.24. The second-order valence-electron chi connectivity index (χ2n) is 7.49. The van der Waals surface area contributed by atoms with Crippen molar-refractivity contribution in [3.63, 3.8) is 0 Å². The highest BCUT2D eigenvalue weighted by atomic mass is 16.5. The van der Waals surface area contributed by atoms with Crippen LogP contribution in [0.3, 0.4) is 0 Å². The number of ether oxygens (including phenoxy) is 1. The van der Waals surface area contributed by atoms with Gasteiger partial charge in [0.05, 0.1) is 24.7 Å². The lowest BCUT2D eigenvalue weighted by molar-refractivity contribution is -0.137. The summed E-state index contributed by atoms with van der Waals surface area (Å²) in [5, 5.41) is 14.6. The van der Waals surface area contributed by atoms with Crippen LogP contribution in [0.5, 0.6) is 5.75 Å². The number of nitrogens with zero attached hydrogens (tertiary/aromatic N) is 2. The minimum absolute atomic E-state index is 0.0271. The molecule has 0 aliphatic rings. The van der Waals surface area contributed by atoms with Crippen molar-refractivity contribution in [1.29, 1.82) is 0 Å². The smallest absolute Gasteiger partial charge is 0.303 e. The Morgan fingerprint density at radius 2 is 1.80 bits per heavy atom. The Hall–Kier alpha value is -3.60. The van der Waals surface area contributed by atoms with Crippen LogP contribution in [0.2, 0.25) is 0 Å². The Balaban J connectivity index is 1.46. The molecule has 4 aromatic rings. The molecule has 1 N–H and O–H groups in total. The van der Waals surface area contributed by atoms with E-state index < -0.39 is 5.97 Å². The van der Waals surface area contributed by atoms with E-state index >= 15 is 0 Å². The fraction of sp³-hybridized carbons (Fsp3) is 0.200. The van der Waals surface area contributed by atoms with Crippen molar-refractivity contribution < 1.29 is 14.6 Å². The van der Waals surface area contributed by atoms with E-state index in [-0.39, 0.29) is 12.3 Å². The van der Waals surface area contributed by atoms with E-state index in [1.54, 1.807) is 0 Å². The van der Waals surface area contributed by atoms with Crippen LogP contribution in [0.1, 0.15) is 36.0 Å². The van der Waals surface area contributed by atoms with E-state index in [2.05, 4.69) is 29.4 Å². The van der Waals surface area contributed by atoms with E-state index in [9.17, 15) is 4.79 Å². The largest absolute Gasteiger partial charge is 0.489 e. The zero-order chi connectivity index (χ0) is 20.9. The molecular formula is C25H24N2O3. The zero-order valence-corrected chi connectivity index (χ0v) is 16.9. The normalized spacial score (nSPS) is 12.0. The average molecular weight is 400 g/mol. The van der Waals surface area contributed by atoms with Crippen LogP contribution in [0.15, 0.2) is 79.0 Å². The van der Waals surface area contributed by atoms with Crippen LogP contribution in [0.25, 0.3) is 10.9 Å². The second-order valence-corrected chi connectivity index (χ2v) is 7.49. The Morgan fingerprint density at radius 1 is 1.03 bits per heavy atom. The molecule has 0 aliphatic carbocycles. The van der Waals surface area contributed by atoms with Crippen molar-refractivity contribution in [2.75, 3.05) is 0 Å². The third kappa shape index (κ3) is 4.51. The fourth-order valence-corrected chi connectivity index (χ4v) is 3.60. The molecule has 0 bridgehead atoms. The SMILES string of the molecule is CC(CC(=O)O)c1ccc(OCc2cccc3c2cnn3Cc2ccccc2)cc1. The monoisotopic (exact) mass is 400 g/mol. The van der Waals surface area contributed by atoms with Crippen LogP contribution in [-0.4, -0.2) is 20.9 Å². The summed E-state index contributed by atoms with van der Waals surface area (Å²) in [6.07, 6.45) is 2.02. The molecule has 5 heteroatoms. The van der Waals surface area contributed by atoms with Gasteiger partial charge in [-0.05, 0) is 35.2 Å². The van der Waals surface area contributed by atoms with Crippen molar-refractivity contribution >= 4 is 16.9 Å². The van der Waals surface area contributed by atoms with Gasteiger partial charge >= 0.3 is 5.97 Å². The molecule has 0 saturated carbocycles. The molecular weight excluding hydrogens is 376 g/mol. The van der Waals surface area contributed by atoms with E-state index in [0.29, 0.717) is 6.61 Å². The van der Waals surface area contributed by atoms with Gasteiger partial charge in [0, 0.05) is 10.9 Å².